The molecule has 0 aromatic rings. The third kappa shape index (κ3) is 111. The van der Waals surface area contributed by atoms with Crippen LogP contribution in [0.4, 0.5) is 0 Å². The van der Waals surface area contributed by atoms with Gasteiger partial charge in [0.25, 0.3) is 0 Å². The Labute approximate surface area is 814 Å². The van der Waals surface area contributed by atoms with E-state index in [1.54, 1.807) is 0 Å². The molecule has 0 fully saturated rings. The summed E-state index contributed by atoms with van der Waals surface area (Å²) < 4.78 is 0. The van der Waals surface area contributed by atoms with E-state index in [9.17, 15) is 24.6 Å². The lowest BCUT2D eigenvalue weighted by Crippen LogP contribution is -2.48. The average molecular weight is 1840 g/mol. The first kappa shape index (κ1) is 130. The van der Waals surface area contributed by atoms with Crippen molar-refractivity contribution in [3.63, 3.8) is 0 Å². The summed E-state index contributed by atoms with van der Waals surface area (Å²) in [5.74, 6) is -0.0285. The highest BCUT2D eigenvalue weighted by Gasteiger charge is 2.21. The molecule has 778 valence electrons. The molecule has 0 rings (SSSR count). The van der Waals surface area contributed by atoms with Crippen LogP contribution in [0.1, 0.15) is 601 Å². The maximum Gasteiger partial charge on any atom is 0.234 e. The summed E-state index contributed by atoms with van der Waals surface area (Å²) >= 11 is 0. The Morgan fingerprint density at radius 3 is 0.569 bits per heavy atom. The van der Waals surface area contributed by atoms with E-state index < -0.39 is 12.2 Å². The molecule has 0 aromatic heterocycles. The molecule has 0 aliphatic rings. The van der Waals surface area contributed by atoms with Crippen LogP contribution in [-0.2, 0) is 14.4 Å². The number of aliphatic hydroxyl groups is 2. The molecule has 0 radical (unpaired) electrons. The Kier molecular flexibility index (Phi) is 116. The lowest BCUT2D eigenvalue weighted by molar-refractivity contribution is -0.126. The van der Waals surface area contributed by atoms with Crippen molar-refractivity contribution < 1.29 is 24.6 Å². The average Bonchev–Trinajstić information content (AvgIpc) is 0.909. The Bertz CT molecular complexity index is 2070. The molecule has 130 heavy (non-hydrogen) atoms. The second-order valence-electron chi connectivity index (χ2n) is 41.2. The number of nitrogens with one attached hydrogen (secondary N) is 6. The third-order valence-electron chi connectivity index (χ3n) is 27.6. The topological polar surface area (TPSA) is 174 Å². The molecule has 0 spiro atoms. The van der Waals surface area contributed by atoms with Crippen LogP contribution in [0.2, 0.25) is 0 Å². The number of carbonyl (C=O) groups is 3. The van der Waals surface area contributed by atoms with E-state index in [2.05, 4.69) is 90.2 Å². The van der Waals surface area contributed by atoms with E-state index in [0.29, 0.717) is 45.8 Å². The van der Waals surface area contributed by atoms with Crippen LogP contribution in [0.5, 0.6) is 0 Å². The smallest absolute Gasteiger partial charge is 0.234 e. The summed E-state index contributed by atoms with van der Waals surface area (Å²) in [6, 6.07) is 0. The summed E-state index contributed by atoms with van der Waals surface area (Å²) in [6.07, 6.45) is 114. The number of aliphatic hydroxyl groups excluding tert-OH is 2. The molecular formula is C116H239N9O5. The van der Waals surface area contributed by atoms with E-state index in [0.717, 1.165) is 110 Å². The van der Waals surface area contributed by atoms with Crippen molar-refractivity contribution in [2.75, 3.05) is 118 Å². The molecule has 0 saturated carbocycles. The molecule has 8 N–H and O–H groups in total. The zero-order chi connectivity index (χ0) is 94.4. The lowest BCUT2D eigenvalue weighted by atomic mass is 10.1. The molecule has 0 saturated heterocycles. The van der Waals surface area contributed by atoms with Gasteiger partial charge in [0.15, 0.2) is 0 Å². The van der Waals surface area contributed by atoms with Crippen molar-refractivity contribution >= 4 is 17.7 Å². The number of unbranched alkanes of at least 4 members (excludes halogenated alkanes) is 77. The zero-order valence-corrected chi connectivity index (χ0v) is 89.7. The molecule has 3 amide bonds. The molecule has 0 aliphatic heterocycles. The van der Waals surface area contributed by atoms with Crippen molar-refractivity contribution in [3.05, 3.63) is 0 Å². The predicted molar refractivity (Wildman–Crippen MR) is 576 cm³/mol. The van der Waals surface area contributed by atoms with E-state index in [-0.39, 0.29) is 30.8 Å². The summed E-state index contributed by atoms with van der Waals surface area (Å²) in [5.41, 5.74) is 0. The van der Waals surface area contributed by atoms with Gasteiger partial charge in [-0.15, -0.1) is 0 Å². The molecular weight excluding hydrogens is 1600 g/mol. The summed E-state index contributed by atoms with van der Waals surface area (Å²) in [6.45, 7) is 29.3. The number of hydrogen-bond acceptors (Lipinski definition) is 11. The highest BCUT2D eigenvalue weighted by atomic mass is 16.3. The van der Waals surface area contributed by atoms with Gasteiger partial charge >= 0.3 is 0 Å². The summed E-state index contributed by atoms with van der Waals surface area (Å²) in [7, 11) is 0. The standard InChI is InChI=1S/C67H137N5O3.C49H102N4O2/c1-5-9-13-17-21-25-29-33-37-41-45-49-55-68-56-52-54-60-71(59-53-48-44-40-36-32-28-24-20-16-12-8-4)61-65(73)62-72(63-66(74)69-57-50-46-42-38-34-30-26-22-18-14-10-6-2)64-67(75)70-58-51-47-43-39-35-31-27-23-19-15-11-7-3;1-4-7-10-13-16-19-22-24-26-29-32-35-40-50-41-37-39-44-53(43-38-34-31-28-25-23-20-17-14-11-8-5-2)47-48(54)45-51-46-49(55)52-42-36-33-30-27-21-18-15-12-9-6-3/h65,68,73H,5-64H2,1-4H3,(H,69,74)(H,70,75);48,50-51,54H,4-47H2,1-3H3,(H,52,55). The van der Waals surface area contributed by atoms with Gasteiger partial charge in [-0.25, -0.2) is 0 Å². The summed E-state index contributed by atoms with van der Waals surface area (Å²) in [5, 5.41) is 42.6. The number of hydrogen-bond donors (Lipinski definition) is 8. The van der Waals surface area contributed by atoms with Crippen LogP contribution in [0.25, 0.3) is 0 Å². The monoisotopic (exact) mass is 1840 g/mol. The van der Waals surface area contributed by atoms with Crippen molar-refractivity contribution in [2.24, 2.45) is 0 Å². The molecule has 2 atom stereocenters. The van der Waals surface area contributed by atoms with E-state index in [1.165, 1.54) is 501 Å². The first-order valence-corrected chi connectivity index (χ1v) is 59.6. The van der Waals surface area contributed by atoms with Gasteiger partial charge in [-0.1, -0.05) is 530 Å². The number of carbonyl (C=O) groups excluding carboxylic acids is 3. The molecule has 0 heterocycles. The van der Waals surface area contributed by atoms with Gasteiger partial charge in [0, 0.05) is 45.8 Å². The van der Waals surface area contributed by atoms with Crippen LogP contribution in [0, 0.1) is 0 Å². The first-order chi connectivity index (χ1) is 64.1. The fraction of sp³-hybridized carbons (Fsp3) is 0.974. The van der Waals surface area contributed by atoms with Gasteiger partial charge < -0.3 is 51.9 Å². The molecule has 0 aromatic carbocycles. The quantitative estimate of drug-likeness (QED) is 0.0272. The third-order valence-corrected chi connectivity index (χ3v) is 27.6. The Balaban J connectivity index is 0. The van der Waals surface area contributed by atoms with Crippen molar-refractivity contribution in [1.82, 2.24) is 46.6 Å². The minimum Gasteiger partial charge on any atom is -0.390 e. The van der Waals surface area contributed by atoms with Gasteiger partial charge in [-0.3, -0.25) is 19.3 Å². The Morgan fingerprint density at radius 1 is 0.185 bits per heavy atom. The normalized spacial score (nSPS) is 12.2. The minimum absolute atomic E-state index is 0.0385. The minimum atomic E-state index is -0.625. The molecule has 14 heteroatoms. The SMILES string of the molecule is CCCCCCCCCCCCCCNCCCCN(CCCCCCCCCCCCCC)CC(O)CN(CC(=O)NCCCCCCCCCCCCCC)CC(=O)NCCCCCCCCCCCCCC.CCCCCCCCCCCCCCNCCCCN(CCCCCCCCCCCCCC)CC(O)CNCC(=O)NCCCCCCCCCCCC. The molecule has 2 unspecified atom stereocenters. The summed E-state index contributed by atoms with van der Waals surface area (Å²) in [4.78, 5) is 46.0. The van der Waals surface area contributed by atoms with E-state index >= 15 is 0 Å². The Hall–Kier alpha value is -1.91. The number of rotatable bonds is 113. The highest BCUT2D eigenvalue weighted by Crippen LogP contribution is 2.21. The fourth-order valence-electron chi connectivity index (χ4n) is 18.9. The van der Waals surface area contributed by atoms with Gasteiger partial charge in [0.1, 0.15) is 0 Å². The van der Waals surface area contributed by atoms with Crippen LogP contribution in [-0.4, -0.2) is 173 Å². The second-order valence-corrected chi connectivity index (χ2v) is 41.2. The highest BCUT2D eigenvalue weighted by molar-refractivity contribution is 5.81. The van der Waals surface area contributed by atoms with Crippen molar-refractivity contribution in [2.45, 2.75) is 613 Å². The second kappa shape index (κ2) is 116. The van der Waals surface area contributed by atoms with Gasteiger partial charge in [-0.05, 0) is 123 Å². The maximum absolute atomic E-state index is 13.4. The van der Waals surface area contributed by atoms with Crippen LogP contribution in [0.15, 0.2) is 0 Å². The molecule has 0 aliphatic carbocycles. The first-order valence-electron chi connectivity index (χ1n) is 59.6. The largest absolute Gasteiger partial charge is 0.390 e. The number of nitrogens with zero attached hydrogens (tertiary/aromatic N) is 3. The van der Waals surface area contributed by atoms with Gasteiger partial charge in [0.05, 0.1) is 31.8 Å². The van der Waals surface area contributed by atoms with Crippen molar-refractivity contribution in [1.29, 1.82) is 0 Å². The predicted octanol–water partition coefficient (Wildman–Crippen LogP) is 31.4. The molecule has 14 nitrogen and oxygen atoms in total. The van der Waals surface area contributed by atoms with Gasteiger partial charge in [0.2, 0.25) is 17.7 Å². The number of amides is 3. The van der Waals surface area contributed by atoms with Crippen LogP contribution in [0.3, 0.4) is 0 Å². The Morgan fingerprint density at radius 2 is 0.346 bits per heavy atom. The van der Waals surface area contributed by atoms with Crippen LogP contribution < -0.4 is 31.9 Å². The van der Waals surface area contributed by atoms with Gasteiger partial charge in [-0.2, -0.15) is 0 Å². The molecule has 0 bridgehead atoms. The zero-order valence-electron chi connectivity index (χ0n) is 89.7. The fourth-order valence-corrected chi connectivity index (χ4v) is 18.9. The van der Waals surface area contributed by atoms with Crippen LogP contribution >= 0.6 is 0 Å². The van der Waals surface area contributed by atoms with E-state index in [4.69, 9.17) is 0 Å². The van der Waals surface area contributed by atoms with E-state index in [1.807, 2.05) is 4.90 Å². The lowest BCUT2D eigenvalue weighted by Gasteiger charge is -2.29. The van der Waals surface area contributed by atoms with Crippen molar-refractivity contribution in [3.8, 4) is 0 Å². The maximum atomic E-state index is 13.4.